The van der Waals surface area contributed by atoms with E-state index in [1.165, 1.54) is 24.8 Å². The van der Waals surface area contributed by atoms with E-state index in [0.717, 1.165) is 24.5 Å². The first-order valence-corrected chi connectivity index (χ1v) is 7.96. The molecule has 2 rings (SSSR count). The summed E-state index contributed by atoms with van der Waals surface area (Å²) in [5, 5.41) is 0. The Morgan fingerprint density at radius 3 is 2.64 bits per heavy atom. The molecule has 0 radical (unpaired) electrons. The van der Waals surface area contributed by atoms with E-state index in [2.05, 4.69) is 36.3 Å². The van der Waals surface area contributed by atoms with Crippen LogP contribution in [-0.2, 0) is 0 Å². The Kier molecular flexibility index (Phi) is 6.08. The minimum absolute atomic E-state index is 0.306. The van der Waals surface area contributed by atoms with Crippen molar-refractivity contribution in [3.05, 3.63) is 49.1 Å². The number of hydrogen-bond donors (Lipinski definition) is 0. The van der Waals surface area contributed by atoms with Crippen LogP contribution in [-0.4, -0.2) is 31.7 Å². The highest BCUT2D eigenvalue weighted by Gasteiger charge is 2.28. The van der Waals surface area contributed by atoms with Gasteiger partial charge in [-0.25, -0.2) is 0 Å². The molecule has 1 aliphatic heterocycles. The number of methoxy groups -OCH3 is 2. The van der Waals surface area contributed by atoms with E-state index < -0.39 is 0 Å². The summed E-state index contributed by atoms with van der Waals surface area (Å²) in [5.41, 5.74) is 1.24. The predicted octanol–water partition coefficient (Wildman–Crippen LogP) is 4.36. The quantitative estimate of drug-likeness (QED) is 0.698. The summed E-state index contributed by atoms with van der Waals surface area (Å²) in [6.45, 7) is 9.06. The molecule has 0 amide bonds. The van der Waals surface area contributed by atoms with Crippen molar-refractivity contribution < 1.29 is 9.47 Å². The molecule has 120 valence electrons. The van der Waals surface area contributed by atoms with Gasteiger partial charge >= 0.3 is 0 Å². The fraction of sp³-hybridized carbons (Fsp3) is 0.474. The van der Waals surface area contributed by atoms with Crippen LogP contribution in [0.2, 0.25) is 0 Å². The zero-order valence-corrected chi connectivity index (χ0v) is 13.8. The average molecular weight is 301 g/mol. The number of benzene rings is 1. The van der Waals surface area contributed by atoms with E-state index in [1.807, 2.05) is 12.1 Å². The number of piperidine rings is 1. The topological polar surface area (TPSA) is 21.7 Å². The molecule has 22 heavy (non-hydrogen) atoms. The van der Waals surface area contributed by atoms with Gasteiger partial charge < -0.3 is 9.47 Å². The van der Waals surface area contributed by atoms with E-state index in [-0.39, 0.29) is 0 Å². The SMILES string of the molecule is C=CC[C@@H](c1ccc(OC)c(OC)c1)N1CCCC[C@@H]1C=C. The maximum atomic E-state index is 5.46. The van der Waals surface area contributed by atoms with Gasteiger partial charge in [0.05, 0.1) is 14.2 Å². The molecule has 1 fully saturated rings. The van der Waals surface area contributed by atoms with Gasteiger partial charge in [-0.05, 0) is 43.5 Å². The lowest BCUT2D eigenvalue weighted by atomic mass is 9.94. The Bertz CT molecular complexity index is 512. The molecule has 0 saturated carbocycles. The first-order chi connectivity index (χ1) is 10.7. The second kappa shape index (κ2) is 8.04. The molecule has 0 N–H and O–H groups in total. The van der Waals surface area contributed by atoms with Crippen LogP contribution in [0.3, 0.4) is 0 Å². The molecule has 0 unspecified atom stereocenters. The lowest BCUT2D eigenvalue weighted by molar-refractivity contribution is 0.122. The van der Waals surface area contributed by atoms with Crippen molar-refractivity contribution in [2.24, 2.45) is 0 Å². The summed E-state index contributed by atoms with van der Waals surface area (Å²) in [6.07, 6.45) is 8.70. The van der Waals surface area contributed by atoms with Crippen molar-refractivity contribution in [3.63, 3.8) is 0 Å². The first kappa shape index (κ1) is 16.6. The Morgan fingerprint density at radius 2 is 2.00 bits per heavy atom. The maximum absolute atomic E-state index is 5.46. The minimum Gasteiger partial charge on any atom is -0.493 e. The normalized spacial score (nSPS) is 20.2. The number of nitrogens with zero attached hydrogens (tertiary/aromatic N) is 1. The van der Waals surface area contributed by atoms with Crippen LogP contribution in [0.15, 0.2) is 43.5 Å². The molecule has 0 spiro atoms. The van der Waals surface area contributed by atoms with E-state index >= 15 is 0 Å². The molecule has 1 aliphatic rings. The van der Waals surface area contributed by atoms with Gasteiger partial charge in [0.1, 0.15) is 0 Å². The molecule has 0 aromatic heterocycles. The van der Waals surface area contributed by atoms with Crippen molar-refractivity contribution in [3.8, 4) is 11.5 Å². The molecule has 2 atom stereocenters. The van der Waals surface area contributed by atoms with Crippen LogP contribution in [0.4, 0.5) is 0 Å². The van der Waals surface area contributed by atoms with Crippen LogP contribution >= 0.6 is 0 Å². The van der Waals surface area contributed by atoms with Gasteiger partial charge in [-0.2, -0.15) is 0 Å². The molecule has 3 heteroatoms. The molecule has 1 aromatic rings. The average Bonchev–Trinajstić information content (AvgIpc) is 2.59. The Balaban J connectivity index is 2.34. The summed E-state index contributed by atoms with van der Waals surface area (Å²) in [5.74, 6) is 1.55. The van der Waals surface area contributed by atoms with Gasteiger partial charge in [-0.1, -0.05) is 24.6 Å². The van der Waals surface area contributed by atoms with E-state index in [4.69, 9.17) is 9.47 Å². The van der Waals surface area contributed by atoms with E-state index in [1.54, 1.807) is 14.2 Å². The van der Waals surface area contributed by atoms with E-state index in [9.17, 15) is 0 Å². The third-order valence-corrected chi connectivity index (χ3v) is 4.45. The highest BCUT2D eigenvalue weighted by atomic mass is 16.5. The standard InChI is InChI=1S/C19H27NO2/c1-5-9-17(20-13-8-7-10-16(20)6-2)15-11-12-18(21-3)19(14-15)22-4/h5-6,11-12,14,16-17H,1-2,7-10,13H2,3-4H3/t16-,17-/m0/s1. The van der Waals surface area contributed by atoms with Crippen LogP contribution in [0.25, 0.3) is 0 Å². The van der Waals surface area contributed by atoms with Gasteiger partial charge in [0.15, 0.2) is 11.5 Å². The second-order valence-electron chi connectivity index (χ2n) is 5.69. The molecule has 1 saturated heterocycles. The molecule has 1 aromatic carbocycles. The summed E-state index contributed by atoms with van der Waals surface area (Å²) in [4.78, 5) is 2.54. The maximum Gasteiger partial charge on any atom is 0.161 e. The van der Waals surface area contributed by atoms with Crippen LogP contribution < -0.4 is 9.47 Å². The smallest absolute Gasteiger partial charge is 0.161 e. The fourth-order valence-electron chi connectivity index (χ4n) is 3.30. The molecule has 3 nitrogen and oxygen atoms in total. The fourth-order valence-corrected chi connectivity index (χ4v) is 3.30. The van der Waals surface area contributed by atoms with Gasteiger partial charge in [0.25, 0.3) is 0 Å². The number of rotatable bonds is 7. The first-order valence-electron chi connectivity index (χ1n) is 7.96. The third-order valence-electron chi connectivity index (χ3n) is 4.45. The molecule has 1 heterocycles. The Morgan fingerprint density at radius 1 is 1.23 bits per heavy atom. The lowest BCUT2D eigenvalue weighted by Crippen LogP contribution is -2.40. The van der Waals surface area contributed by atoms with Crippen molar-refractivity contribution in [2.75, 3.05) is 20.8 Å². The molecule has 0 bridgehead atoms. The monoisotopic (exact) mass is 301 g/mol. The zero-order valence-electron chi connectivity index (χ0n) is 13.8. The van der Waals surface area contributed by atoms with Crippen LogP contribution in [0.5, 0.6) is 11.5 Å². The van der Waals surface area contributed by atoms with Crippen LogP contribution in [0.1, 0.15) is 37.3 Å². The third kappa shape index (κ3) is 3.53. The second-order valence-corrected chi connectivity index (χ2v) is 5.69. The number of likely N-dealkylation sites (tertiary alicyclic amines) is 1. The predicted molar refractivity (Wildman–Crippen MR) is 91.6 cm³/mol. The summed E-state index contributed by atoms with van der Waals surface area (Å²) >= 11 is 0. The van der Waals surface area contributed by atoms with Crippen molar-refractivity contribution in [1.29, 1.82) is 0 Å². The lowest BCUT2D eigenvalue weighted by Gasteiger charge is -2.40. The van der Waals surface area contributed by atoms with Crippen LogP contribution in [0, 0.1) is 0 Å². The van der Waals surface area contributed by atoms with Gasteiger partial charge in [-0.15, -0.1) is 13.2 Å². The highest BCUT2D eigenvalue weighted by Crippen LogP contribution is 2.36. The largest absolute Gasteiger partial charge is 0.493 e. The highest BCUT2D eigenvalue weighted by molar-refractivity contribution is 5.44. The van der Waals surface area contributed by atoms with Crippen molar-refractivity contribution in [2.45, 2.75) is 37.8 Å². The summed E-state index contributed by atoms with van der Waals surface area (Å²) in [6, 6.07) is 6.94. The Hall–Kier alpha value is -1.74. The molecular weight excluding hydrogens is 274 g/mol. The van der Waals surface area contributed by atoms with Gasteiger partial charge in [0, 0.05) is 12.1 Å². The number of ether oxygens (including phenoxy) is 2. The van der Waals surface area contributed by atoms with E-state index in [0.29, 0.717) is 12.1 Å². The van der Waals surface area contributed by atoms with Gasteiger partial charge in [0.2, 0.25) is 0 Å². The number of hydrogen-bond acceptors (Lipinski definition) is 3. The summed E-state index contributed by atoms with van der Waals surface area (Å²) < 4.78 is 10.8. The zero-order chi connectivity index (χ0) is 15.9. The minimum atomic E-state index is 0.306. The van der Waals surface area contributed by atoms with Crippen molar-refractivity contribution >= 4 is 0 Å². The van der Waals surface area contributed by atoms with Crippen molar-refractivity contribution in [1.82, 2.24) is 4.90 Å². The Labute approximate surface area is 134 Å². The summed E-state index contributed by atoms with van der Waals surface area (Å²) in [7, 11) is 3.34. The molecular formula is C19H27NO2. The molecule has 0 aliphatic carbocycles. The van der Waals surface area contributed by atoms with Gasteiger partial charge in [-0.3, -0.25) is 4.90 Å².